The molecule has 0 aliphatic carbocycles. The van der Waals surface area contributed by atoms with Crippen LogP contribution in [0.2, 0.25) is 0 Å². The summed E-state index contributed by atoms with van der Waals surface area (Å²) < 4.78 is 32.0. The van der Waals surface area contributed by atoms with Crippen LogP contribution in [0.25, 0.3) is 0 Å². The van der Waals surface area contributed by atoms with Crippen LogP contribution in [0.5, 0.6) is 5.75 Å². The first-order valence-corrected chi connectivity index (χ1v) is 10.2. The maximum absolute atomic E-state index is 12.6. The van der Waals surface area contributed by atoms with Crippen molar-refractivity contribution in [3.05, 3.63) is 52.5 Å². The fraction of sp³-hybridized carbons (Fsp3) is 0.235. The first kappa shape index (κ1) is 17.8. The molecule has 25 heavy (non-hydrogen) atoms. The van der Waals surface area contributed by atoms with Crippen LogP contribution in [-0.4, -0.2) is 33.2 Å². The molecule has 2 aromatic rings. The van der Waals surface area contributed by atoms with Crippen LogP contribution in [0.1, 0.15) is 5.56 Å². The number of para-hydroxylation sites is 1. The van der Waals surface area contributed by atoms with Gasteiger partial charge < -0.3 is 10.1 Å². The van der Waals surface area contributed by atoms with E-state index >= 15 is 0 Å². The number of benzene rings is 2. The lowest BCUT2D eigenvalue weighted by Crippen LogP contribution is -2.48. The highest BCUT2D eigenvalue weighted by atomic mass is 79.9. The van der Waals surface area contributed by atoms with Crippen LogP contribution in [0.15, 0.2) is 46.9 Å². The maximum Gasteiger partial charge on any atom is 0.267 e. The van der Waals surface area contributed by atoms with Crippen molar-refractivity contribution in [1.82, 2.24) is 0 Å². The van der Waals surface area contributed by atoms with E-state index in [2.05, 4.69) is 21.2 Å². The zero-order valence-corrected chi connectivity index (χ0v) is 16.1. The number of nitrogens with one attached hydrogen (secondary N) is 1. The molecule has 0 saturated carbocycles. The zero-order valence-electron chi connectivity index (χ0n) is 13.7. The number of anilines is 2. The largest absolute Gasteiger partial charge is 0.476 e. The third kappa shape index (κ3) is 3.80. The number of carbonyl (C=O) groups excluding carboxylic acids is 1. The van der Waals surface area contributed by atoms with Crippen molar-refractivity contribution in [2.75, 3.05) is 22.4 Å². The second kappa shape index (κ2) is 6.68. The predicted molar refractivity (Wildman–Crippen MR) is 101 cm³/mol. The number of nitrogens with zero attached hydrogens (tertiary/aromatic N) is 1. The number of aryl methyl sites for hydroxylation is 1. The molecule has 3 rings (SSSR count). The highest BCUT2D eigenvalue weighted by Crippen LogP contribution is 2.36. The van der Waals surface area contributed by atoms with Crippen LogP contribution in [-0.2, 0) is 14.8 Å². The molecule has 0 saturated heterocycles. The molecular formula is C17H17BrN2O4S. The Kier molecular flexibility index (Phi) is 4.75. The SMILES string of the molecule is Cc1ccc2c(c1)N(S(C)(=O)=O)CC(C(=O)Nc1ccccc1Br)O2. The third-order valence-electron chi connectivity index (χ3n) is 3.81. The number of fused-ring (bicyclic) bond motifs is 1. The molecule has 2 aromatic carbocycles. The minimum atomic E-state index is -3.54. The van der Waals surface area contributed by atoms with E-state index in [1.54, 1.807) is 30.3 Å². The summed E-state index contributed by atoms with van der Waals surface area (Å²) in [7, 11) is -3.54. The monoisotopic (exact) mass is 424 g/mol. The van der Waals surface area contributed by atoms with Crippen molar-refractivity contribution in [3.63, 3.8) is 0 Å². The molecule has 1 heterocycles. The van der Waals surface area contributed by atoms with Crippen molar-refractivity contribution in [3.8, 4) is 5.75 Å². The molecule has 1 aliphatic rings. The van der Waals surface area contributed by atoms with Gasteiger partial charge in [-0.2, -0.15) is 0 Å². The number of hydrogen-bond donors (Lipinski definition) is 1. The summed E-state index contributed by atoms with van der Waals surface area (Å²) in [6.07, 6.45) is 0.171. The Morgan fingerprint density at radius 3 is 2.68 bits per heavy atom. The van der Waals surface area contributed by atoms with Gasteiger partial charge in [0.15, 0.2) is 6.10 Å². The summed E-state index contributed by atoms with van der Waals surface area (Å²) in [6.45, 7) is 1.79. The van der Waals surface area contributed by atoms with Gasteiger partial charge in [0.1, 0.15) is 5.75 Å². The Morgan fingerprint density at radius 2 is 2.00 bits per heavy atom. The van der Waals surface area contributed by atoms with E-state index < -0.39 is 22.0 Å². The molecule has 1 atom stereocenters. The molecule has 0 radical (unpaired) electrons. The fourth-order valence-electron chi connectivity index (χ4n) is 2.59. The van der Waals surface area contributed by atoms with Crippen LogP contribution in [0.3, 0.4) is 0 Å². The van der Waals surface area contributed by atoms with E-state index in [-0.39, 0.29) is 6.54 Å². The molecule has 6 nitrogen and oxygen atoms in total. The third-order valence-corrected chi connectivity index (χ3v) is 5.65. The van der Waals surface area contributed by atoms with Gasteiger partial charge >= 0.3 is 0 Å². The first-order valence-electron chi connectivity index (χ1n) is 7.56. The van der Waals surface area contributed by atoms with Crippen LogP contribution in [0, 0.1) is 6.92 Å². The molecule has 1 amide bonds. The Balaban J connectivity index is 1.90. The number of rotatable bonds is 3. The Bertz CT molecular complexity index is 930. The minimum Gasteiger partial charge on any atom is -0.476 e. The first-order chi connectivity index (χ1) is 11.8. The van der Waals surface area contributed by atoms with Gasteiger partial charge in [-0.3, -0.25) is 9.10 Å². The number of sulfonamides is 1. The summed E-state index contributed by atoms with van der Waals surface area (Å²) in [6, 6.07) is 12.4. The molecule has 0 fully saturated rings. The lowest BCUT2D eigenvalue weighted by Gasteiger charge is -2.34. The van der Waals surface area contributed by atoms with Gasteiger partial charge in [-0.25, -0.2) is 8.42 Å². The molecule has 0 bridgehead atoms. The minimum absolute atomic E-state index is 0.0778. The molecule has 8 heteroatoms. The van der Waals surface area contributed by atoms with E-state index in [1.165, 1.54) is 4.31 Å². The lowest BCUT2D eigenvalue weighted by molar-refractivity contribution is -0.122. The molecule has 0 aromatic heterocycles. The summed E-state index contributed by atoms with van der Waals surface area (Å²) >= 11 is 3.36. The van der Waals surface area contributed by atoms with Crippen molar-refractivity contribution < 1.29 is 17.9 Å². The smallest absolute Gasteiger partial charge is 0.267 e. The van der Waals surface area contributed by atoms with Crippen LogP contribution in [0.4, 0.5) is 11.4 Å². The summed E-state index contributed by atoms with van der Waals surface area (Å²) in [5, 5.41) is 2.76. The average molecular weight is 425 g/mol. The van der Waals surface area contributed by atoms with Crippen molar-refractivity contribution in [1.29, 1.82) is 0 Å². The van der Waals surface area contributed by atoms with Gasteiger partial charge in [0.05, 0.1) is 24.2 Å². The summed E-state index contributed by atoms with van der Waals surface area (Å²) in [5.74, 6) is -0.0404. The standard InChI is InChI=1S/C17H17BrN2O4S/c1-11-7-8-15-14(9-11)20(25(2,22)23)10-16(24-15)17(21)19-13-6-4-3-5-12(13)18/h3-9,16H,10H2,1-2H3,(H,19,21). The molecule has 132 valence electrons. The molecule has 0 spiro atoms. The van der Waals surface area contributed by atoms with E-state index in [0.29, 0.717) is 17.1 Å². The number of hydrogen-bond acceptors (Lipinski definition) is 4. The number of carbonyl (C=O) groups is 1. The number of halogens is 1. The quantitative estimate of drug-likeness (QED) is 0.821. The second-order valence-electron chi connectivity index (χ2n) is 5.84. The normalized spacial score (nSPS) is 16.8. The van der Waals surface area contributed by atoms with E-state index in [4.69, 9.17) is 4.74 Å². The topological polar surface area (TPSA) is 75.7 Å². The average Bonchev–Trinajstić information content (AvgIpc) is 2.55. The Morgan fingerprint density at radius 1 is 1.28 bits per heavy atom. The summed E-state index contributed by atoms with van der Waals surface area (Å²) in [4.78, 5) is 12.6. The van der Waals surface area contributed by atoms with Gasteiger partial charge in [0.25, 0.3) is 5.91 Å². The van der Waals surface area contributed by atoms with E-state index in [0.717, 1.165) is 16.3 Å². The fourth-order valence-corrected chi connectivity index (χ4v) is 3.88. The van der Waals surface area contributed by atoms with Gasteiger partial charge in [0, 0.05) is 4.47 Å². The predicted octanol–water partition coefficient (Wildman–Crippen LogP) is 2.92. The molecular weight excluding hydrogens is 408 g/mol. The van der Waals surface area contributed by atoms with Gasteiger partial charge in [0.2, 0.25) is 10.0 Å². The lowest BCUT2D eigenvalue weighted by atomic mass is 10.1. The van der Waals surface area contributed by atoms with E-state index in [9.17, 15) is 13.2 Å². The van der Waals surface area contributed by atoms with Crippen LogP contribution >= 0.6 is 15.9 Å². The Labute approximate surface area is 155 Å². The van der Waals surface area contributed by atoms with Crippen LogP contribution < -0.4 is 14.4 Å². The molecule has 1 aliphatic heterocycles. The maximum atomic E-state index is 12.6. The zero-order chi connectivity index (χ0) is 18.2. The second-order valence-corrected chi connectivity index (χ2v) is 8.60. The Hall–Kier alpha value is -2.06. The number of ether oxygens (including phenoxy) is 1. The highest BCUT2D eigenvalue weighted by Gasteiger charge is 2.35. The van der Waals surface area contributed by atoms with Crippen molar-refractivity contribution in [2.45, 2.75) is 13.0 Å². The number of amides is 1. The highest BCUT2D eigenvalue weighted by molar-refractivity contribution is 9.10. The van der Waals surface area contributed by atoms with Gasteiger partial charge in [-0.15, -0.1) is 0 Å². The summed E-state index contributed by atoms with van der Waals surface area (Å²) in [5.41, 5.74) is 1.95. The van der Waals surface area contributed by atoms with Crippen molar-refractivity contribution in [2.24, 2.45) is 0 Å². The molecule has 1 unspecified atom stereocenters. The van der Waals surface area contributed by atoms with Gasteiger partial charge in [-0.05, 0) is 52.7 Å². The molecule has 1 N–H and O–H groups in total. The van der Waals surface area contributed by atoms with Gasteiger partial charge in [-0.1, -0.05) is 18.2 Å². The van der Waals surface area contributed by atoms with E-state index in [1.807, 2.05) is 19.1 Å². The van der Waals surface area contributed by atoms with Crippen molar-refractivity contribution >= 4 is 43.2 Å².